The fourth-order valence-corrected chi connectivity index (χ4v) is 1.56. The predicted molar refractivity (Wildman–Crippen MR) is 64.0 cm³/mol. The van der Waals surface area contributed by atoms with Crippen LogP contribution >= 0.6 is 0 Å². The van der Waals surface area contributed by atoms with Crippen LogP contribution in [0.4, 0.5) is 11.6 Å². The first-order valence-electron chi connectivity index (χ1n) is 5.19. The summed E-state index contributed by atoms with van der Waals surface area (Å²) in [5.41, 5.74) is 0.874. The van der Waals surface area contributed by atoms with Gasteiger partial charge in [0.25, 0.3) is 5.56 Å². The lowest BCUT2D eigenvalue weighted by atomic mass is 10.3. The Balaban J connectivity index is 2.41. The highest BCUT2D eigenvalue weighted by atomic mass is 16.1. The first-order chi connectivity index (χ1) is 7.81. The second kappa shape index (κ2) is 4.61. The van der Waals surface area contributed by atoms with Crippen molar-refractivity contribution in [3.63, 3.8) is 0 Å². The monoisotopic (exact) mass is 215 g/mol. The number of benzene rings is 1. The average molecular weight is 215 g/mol. The third-order valence-electron chi connectivity index (χ3n) is 2.30. The highest BCUT2D eigenvalue weighted by molar-refractivity contribution is 5.56. The minimum absolute atomic E-state index is 0.139. The molecule has 0 fully saturated rings. The molecule has 2 aromatic rings. The van der Waals surface area contributed by atoms with Crippen LogP contribution in [0.3, 0.4) is 0 Å². The van der Waals surface area contributed by atoms with Crippen LogP contribution in [0.15, 0.2) is 47.4 Å². The van der Waals surface area contributed by atoms with Crippen molar-refractivity contribution in [1.29, 1.82) is 0 Å². The normalized spacial score (nSPS) is 10.1. The summed E-state index contributed by atoms with van der Waals surface area (Å²) in [6, 6.07) is 11.2. The molecule has 0 saturated carbocycles. The van der Waals surface area contributed by atoms with Crippen molar-refractivity contribution in [2.24, 2.45) is 0 Å². The van der Waals surface area contributed by atoms with Gasteiger partial charge in [-0.1, -0.05) is 18.2 Å². The molecule has 0 aliphatic heterocycles. The molecular formula is C12H13N3O. The third-order valence-corrected chi connectivity index (χ3v) is 2.30. The van der Waals surface area contributed by atoms with E-state index in [2.05, 4.69) is 9.97 Å². The van der Waals surface area contributed by atoms with E-state index in [-0.39, 0.29) is 5.56 Å². The lowest BCUT2D eigenvalue weighted by Gasteiger charge is -2.20. The summed E-state index contributed by atoms with van der Waals surface area (Å²) in [5.74, 6) is 0.571. The summed E-state index contributed by atoms with van der Waals surface area (Å²) < 4.78 is 0. The number of hydrogen-bond acceptors (Lipinski definition) is 3. The van der Waals surface area contributed by atoms with E-state index < -0.39 is 0 Å². The van der Waals surface area contributed by atoms with Gasteiger partial charge in [-0.15, -0.1) is 0 Å². The zero-order chi connectivity index (χ0) is 11.4. The standard InChI is InChI=1S/C12H13N3O/c1-2-15(10-6-4-3-5-7-10)12-13-9-8-11(16)14-12/h3-9H,2H2,1H3,(H,13,14,16). The Kier molecular flexibility index (Phi) is 3.00. The van der Waals surface area contributed by atoms with Gasteiger partial charge in [0.1, 0.15) is 0 Å². The number of hydrogen-bond donors (Lipinski definition) is 1. The third kappa shape index (κ3) is 2.11. The lowest BCUT2D eigenvalue weighted by Crippen LogP contribution is -2.21. The summed E-state index contributed by atoms with van der Waals surface area (Å²) in [4.78, 5) is 20.0. The van der Waals surface area contributed by atoms with Gasteiger partial charge in [-0.3, -0.25) is 9.78 Å². The van der Waals surface area contributed by atoms with Crippen molar-refractivity contribution in [3.05, 3.63) is 52.9 Å². The number of nitrogens with zero attached hydrogens (tertiary/aromatic N) is 2. The minimum atomic E-state index is -0.139. The van der Waals surface area contributed by atoms with E-state index in [1.165, 1.54) is 12.3 Å². The molecule has 0 amide bonds. The van der Waals surface area contributed by atoms with Gasteiger partial charge in [-0.25, -0.2) is 4.98 Å². The minimum Gasteiger partial charge on any atom is -0.312 e. The van der Waals surface area contributed by atoms with Gasteiger partial charge < -0.3 is 4.90 Å². The van der Waals surface area contributed by atoms with E-state index in [0.29, 0.717) is 5.95 Å². The fraction of sp³-hybridized carbons (Fsp3) is 0.167. The van der Waals surface area contributed by atoms with Gasteiger partial charge in [-0.2, -0.15) is 0 Å². The molecule has 1 aromatic carbocycles. The Hall–Kier alpha value is -2.10. The van der Waals surface area contributed by atoms with Gasteiger partial charge in [0.05, 0.1) is 0 Å². The highest BCUT2D eigenvalue weighted by Crippen LogP contribution is 2.19. The molecule has 0 spiro atoms. The van der Waals surface area contributed by atoms with Crippen LogP contribution in [-0.4, -0.2) is 16.5 Å². The van der Waals surface area contributed by atoms with Crippen molar-refractivity contribution >= 4 is 11.6 Å². The van der Waals surface area contributed by atoms with Crippen molar-refractivity contribution in [2.75, 3.05) is 11.4 Å². The number of H-pyrrole nitrogens is 1. The molecule has 16 heavy (non-hydrogen) atoms. The predicted octanol–water partition coefficient (Wildman–Crippen LogP) is 1.93. The molecule has 4 heteroatoms. The van der Waals surface area contributed by atoms with Crippen LogP contribution in [-0.2, 0) is 0 Å². The zero-order valence-electron chi connectivity index (χ0n) is 9.05. The molecule has 1 heterocycles. The number of anilines is 2. The molecule has 0 saturated heterocycles. The van der Waals surface area contributed by atoms with Gasteiger partial charge in [0, 0.05) is 24.5 Å². The quantitative estimate of drug-likeness (QED) is 0.851. The fourth-order valence-electron chi connectivity index (χ4n) is 1.56. The van der Waals surface area contributed by atoms with Crippen molar-refractivity contribution in [3.8, 4) is 0 Å². The van der Waals surface area contributed by atoms with Crippen LogP contribution in [0.5, 0.6) is 0 Å². The summed E-state index contributed by atoms with van der Waals surface area (Å²) >= 11 is 0. The van der Waals surface area contributed by atoms with Crippen LogP contribution in [0.25, 0.3) is 0 Å². The molecule has 82 valence electrons. The van der Waals surface area contributed by atoms with E-state index >= 15 is 0 Å². The maximum Gasteiger partial charge on any atom is 0.252 e. The number of nitrogens with one attached hydrogen (secondary N) is 1. The molecule has 0 radical (unpaired) electrons. The number of rotatable bonds is 3. The summed E-state index contributed by atoms with van der Waals surface area (Å²) in [6.45, 7) is 2.76. The Bertz CT molecular complexity index is 507. The SMILES string of the molecule is CCN(c1ccccc1)c1nccc(=O)[nH]1. The first kappa shape index (κ1) is 10.4. The Morgan fingerprint density at radius 2 is 2.00 bits per heavy atom. The van der Waals surface area contributed by atoms with Crippen LogP contribution in [0.1, 0.15) is 6.92 Å². The van der Waals surface area contributed by atoms with Gasteiger partial charge in [0.15, 0.2) is 0 Å². The second-order valence-electron chi connectivity index (χ2n) is 3.34. The maximum absolute atomic E-state index is 11.2. The first-order valence-corrected chi connectivity index (χ1v) is 5.19. The summed E-state index contributed by atoms with van der Waals surface area (Å²) in [6.07, 6.45) is 1.51. The molecule has 0 bridgehead atoms. The van der Waals surface area contributed by atoms with Crippen LogP contribution in [0, 0.1) is 0 Å². The second-order valence-corrected chi connectivity index (χ2v) is 3.34. The number of para-hydroxylation sites is 1. The molecule has 0 aliphatic carbocycles. The summed E-state index contributed by atoms with van der Waals surface area (Å²) in [5, 5.41) is 0. The largest absolute Gasteiger partial charge is 0.312 e. The Morgan fingerprint density at radius 1 is 1.25 bits per heavy atom. The zero-order valence-corrected chi connectivity index (χ0v) is 9.05. The van der Waals surface area contributed by atoms with E-state index in [1.54, 1.807) is 0 Å². The number of aromatic nitrogens is 2. The van der Waals surface area contributed by atoms with E-state index in [9.17, 15) is 4.79 Å². The molecule has 0 aliphatic rings. The molecule has 0 unspecified atom stereocenters. The molecular weight excluding hydrogens is 202 g/mol. The highest BCUT2D eigenvalue weighted by Gasteiger charge is 2.07. The summed E-state index contributed by atoms with van der Waals surface area (Å²) in [7, 11) is 0. The van der Waals surface area contributed by atoms with Gasteiger partial charge in [0.2, 0.25) is 5.95 Å². The molecule has 2 rings (SSSR count). The molecule has 1 aromatic heterocycles. The molecule has 4 nitrogen and oxygen atoms in total. The maximum atomic E-state index is 11.2. The average Bonchev–Trinajstić information content (AvgIpc) is 2.31. The smallest absolute Gasteiger partial charge is 0.252 e. The van der Waals surface area contributed by atoms with Crippen molar-refractivity contribution in [2.45, 2.75) is 6.92 Å². The van der Waals surface area contributed by atoms with E-state index in [1.807, 2.05) is 42.2 Å². The van der Waals surface area contributed by atoms with Crippen molar-refractivity contribution < 1.29 is 0 Å². The topological polar surface area (TPSA) is 49.0 Å². The number of aromatic amines is 1. The van der Waals surface area contributed by atoms with Crippen molar-refractivity contribution in [1.82, 2.24) is 9.97 Å². The molecule has 0 atom stereocenters. The lowest BCUT2D eigenvalue weighted by molar-refractivity contribution is 0.935. The van der Waals surface area contributed by atoms with E-state index in [4.69, 9.17) is 0 Å². The van der Waals surface area contributed by atoms with E-state index in [0.717, 1.165) is 12.2 Å². The Morgan fingerprint density at radius 3 is 2.62 bits per heavy atom. The van der Waals surface area contributed by atoms with Gasteiger partial charge >= 0.3 is 0 Å². The van der Waals surface area contributed by atoms with Crippen LogP contribution in [0.2, 0.25) is 0 Å². The van der Waals surface area contributed by atoms with Crippen LogP contribution < -0.4 is 10.5 Å². The molecule has 1 N–H and O–H groups in total. The van der Waals surface area contributed by atoms with Gasteiger partial charge in [-0.05, 0) is 19.1 Å². The Labute approximate surface area is 93.6 Å².